The van der Waals surface area contributed by atoms with Gasteiger partial charge in [0.1, 0.15) is 0 Å². The minimum absolute atomic E-state index is 0.676. The van der Waals surface area contributed by atoms with Crippen molar-refractivity contribution in [2.24, 2.45) is 0 Å². The fourth-order valence-corrected chi connectivity index (χ4v) is 1.43. The molecule has 1 aromatic rings. The van der Waals surface area contributed by atoms with Crippen LogP contribution in [0.3, 0.4) is 0 Å². The van der Waals surface area contributed by atoms with Gasteiger partial charge in [-0.3, -0.25) is 0 Å². The summed E-state index contributed by atoms with van der Waals surface area (Å²) in [5, 5.41) is 9.89. The molecule has 0 fully saturated rings. The third kappa shape index (κ3) is 3.75. The quantitative estimate of drug-likeness (QED) is 0.772. The van der Waals surface area contributed by atoms with Crippen molar-refractivity contribution in [2.75, 3.05) is 0 Å². The van der Waals surface area contributed by atoms with Gasteiger partial charge in [-0.1, -0.05) is 55.8 Å². The van der Waals surface area contributed by atoms with E-state index in [-0.39, 0.29) is 0 Å². The molecule has 0 aromatic heterocycles. The molecule has 0 heterocycles. The van der Waals surface area contributed by atoms with Crippen LogP contribution in [0.4, 0.5) is 0 Å². The number of hydrogen-bond acceptors (Lipinski definition) is 1. The molecule has 14 heavy (non-hydrogen) atoms. The molecule has 0 radical (unpaired) electrons. The third-order valence-electron chi connectivity index (χ3n) is 2.19. The number of hydrogen-bond donors (Lipinski definition) is 1. The van der Waals surface area contributed by atoms with E-state index >= 15 is 0 Å². The van der Waals surface area contributed by atoms with Crippen LogP contribution < -0.4 is 0 Å². The third-order valence-corrected chi connectivity index (χ3v) is 2.19. The Morgan fingerprint density at radius 2 is 1.93 bits per heavy atom. The van der Waals surface area contributed by atoms with Crippen molar-refractivity contribution in [3.63, 3.8) is 0 Å². The average molecular weight is 190 g/mol. The van der Waals surface area contributed by atoms with Crippen LogP contribution in [0.1, 0.15) is 32.3 Å². The average Bonchev–Trinajstić information content (AvgIpc) is 2.17. The molecule has 76 valence electrons. The Kier molecular flexibility index (Phi) is 3.90. The van der Waals surface area contributed by atoms with Crippen molar-refractivity contribution in [3.8, 4) is 0 Å². The highest BCUT2D eigenvalue weighted by Gasteiger charge is 2.13. The summed E-state index contributed by atoms with van der Waals surface area (Å²) in [6.07, 6.45) is 5.63. The molecule has 0 saturated heterocycles. The summed E-state index contributed by atoms with van der Waals surface area (Å²) in [4.78, 5) is 0. The van der Waals surface area contributed by atoms with Gasteiger partial charge in [0.2, 0.25) is 0 Å². The van der Waals surface area contributed by atoms with Gasteiger partial charge in [-0.05, 0) is 18.9 Å². The van der Waals surface area contributed by atoms with Crippen LogP contribution in [0.2, 0.25) is 0 Å². The maximum atomic E-state index is 9.89. The summed E-state index contributed by atoms with van der Waals surface area (Å²) >= 11 is 0. The molecule has 0 aliphatic carbocycles. The molecule has 1 aromatic carbocycles. The summed E-state index contributed by atoms with van der Waals surface area (Å²) in [7, 11) is 0. The monoisotopic (exact) mass is 190 g/mol. The lowest BCUT2D eigenvalue weighted by atomic mass is 9.99. The van der Waals surface area contributed by atoms with Gasteiger partial charge in [0, 0.05) is 0 Å². The summed E-state index contributed by atoms with van der Waals surface area (Å²) in [5.41, 5.74) is 0.453. The highest BCUT2D eigenvalue weighted by atomic mass is 16.3. The predicted molar refractivity (Wildman–Crippen MR) is 61.0 cm³/mol. The molecule has 0 aliphatic heterocycles. The zero-order valence-corrected chi connectivity index (χ0v) is 8.90. The maximum absolute atomic E-state index is 9.89. The second-order valence-electron chi connectivity index (χ2n) is 3.85. The molecule has 1 heteroatoms. The largest absolute Gasteiger partial charge is 0.386 e. The first-order valence-electron chi connectivity index (χ1n) is 5.11. The first-order chi connectivity index (χ1) is 6.64. The van der Waals surface area contributed by atoms with E-state index in [0.29, 0.717) is 0 Å². The van der Waals surface area contributed by atoms with E-state index in [1.165, 1.54) is 0 Å². The van der Waals surface area contributed by atoms with Gasteiger partial charge < -0.3 is 5.11 Å². The predicted octanol–water partition coefficient (Wildman–Crippen LogP) is 3.25. The van der Waals surface area contributed by atoms with Crippen molar-refractivity contribution >= 4 is 6.08 Å². The minimum atomic E-state index is -0.676. The Morgan fingerprint density at radius 1 is 1.29 bits per heavy atom. The van der Waals surface area contributed by atoms with Crippen molar-refractivity contribution in [1.82, 2.24) is 0 Å². The topological polar surface area (TPSA) is 20.2 Å². The van der Waals surface area contributed by atoms with Crippen molar-refractivity contribution in [2.45, 2.75) is 32.3 Å². The van der Waals surface area contributed by atoms with E-state index in [1.54, 1.807) is 0 Å². The van der Waals surface area contributed by atoms with E-state index in [0.717, 1.165) is 18.4 Å². The van der Waals surface area contributed by atoms with Gasteiger partial charge in [-0.15, -0.1) is 0 Å². The van der Waals surface area contributed by atoms with Crippen molar-refractivity contribution in [1.29, 1.82) is 0 Å². The molecular weight excluding hydrogens is 172 g/mol. The summed E-state index contributed by atoms with van der Waals surface area (Å²) in [6, 6.07) is 10.0. The fourth-order valence-electron chi connectivity index (χ4n) is 1.43. The Morgan fingerprint density at radius 3 is 2.50 bits per heavy atom. The van der Waals surface area contributed by atoms with Crippen molar-refractivity contribution < 1.29 is 5.11 Å². The molecule has 1 atom stereocenters. The molecule has 1 nitrogen and oxygen atoms in total. The second-order valence-corrected chi connectivity index (χ2v) is 3.85. The Bertz CT molecular complexity index is 285. The van der Waals surface area contributed by atoms with Gasteiger partial charge in [0.05, 0.1) is 5.60 Å². The zero-order chi connectivity index (χ0) is 10.4. The lowest BCUT2D eigenvalue weighted by Gasteiger charge is -2.17. The molecule has 0 bridgehead atoms. The Labute approximate surface area is 86.1 Å². The fraction of sp³-hybridized carbons (Fsp3) is 0.385. The summed E-state index contributed by atoms with van der Waals surface area (Å²) < 4.78 is 0. The molecule has 0 aliphatic rings. The lowest BCUT2D eigenvalue weighted by molar-refractivity contribution is 0.102. The Hall–Kier alpha value is -1.08. The van der Waals surface area contributed by atoms with Crippen LogP contribution in [-0.2, 0) is 0 Å². The number of aliphatic hydroxyl groups is 1. The van der Waals surface area contributed by atoms with Crippen molar-refractivity contribution in [3.05, 3.63) is 42.0 Å². The molecule has 1 unspecified atom stereocenters. The molecular formula is C13H18O. The SMILES string of the molecule is CCCC(C)(O)C=Cc1ccccc1. The van der Waals surface area contributed by atoms with Gasteiger partial charge in [0.15, 0.2) is 0 Å². The van der Waals surface area contributed by atoms with Crippen LogP contribution in [0.5, 0.6) is 0 Å². The van der Waals surface area contributed by atoms with Crippen LogP contribution in [-0.4, -0.2) is 10.7 Å². The normalized spacial score (nSPS) is 15.6. The number of benzene rings is 1. The second kappa shape index (κ2) is 4.97. The van der Waals surface area contributed by atoms with Gasteiger partial charge in [-0.25, -0.2) is 0 Å². The molecule has 1 N–H and O–H groups in total. The molecule has 0 amide bonds. The maximum Gasteiger partial charge on any atom is 0.0802 e. The van der Waals surface area contributed by atoms with Crippen LogP contribution >= 0.6 is 0 Å². The first kappa shape index (κ1) is 11.0. The highest BCUT2D eigenvalue weighted by Crippen LogP contribution is 2.15. The minimum Gasteiger partial charge on any atom is -0.386 e. The van der Waals surface area contributed by atoms with Crippen LogP contribution in [0.25, 0.3) is 6.08 Å². The van der Waals surface area contributed by atoms with Crippen LogP contribution in [0, 0.1) is 0 Å². The van der Waals surface area contributed by atoms with Gasteiger partial charge >= 0.3 is 0 Å². The zero-order valence-electron chi connectivity index (χ0n) is 8.90. The van der Waals surface area contributed by atoms with Gasteiger partial charge in [0.25, 0.3) is 0 Å². The van der Waals surface area contributed by atoms with E-state index in [2.05, 4.69) is 6.92 Å². The molecule has 0 saturated carbocycles. The van der Waals surface area contributed by atoms with E-state index < -0.39 is 5.60 Å². The smallest absolute Gasteiger partial charge is 0.0802 e. The van der Waals surface area contributed by atoms with E-state index in [9.17, 15) is 5.11 Å². The van der Waals surface area contributed by atoms with Gasteiger partial charge in [-0.2, -0.15) is 0 Å². The molecule has 0 spiro atoms. The van der Waals surface area contributed by atoms with E-state index in [1.807, 2.05) is 49.4 Å². The van der Waals surface area contributed by atoms with E-state index in [4.69, 9.17) is 0 Å². The lowest BCUT2D eigenvalue weighted by Crippen LogP contribution is -2.19. The first-order valence-corrected chi connectivity index (χ1v) is 5.11. The van der Waals surface area contributed by atoms with Crippen LogP contribution in [0.15, 0.2) is 36.4 Å². The highest BCUT2D eigenvalue weighted by molar-refractivity contribution is 5.49. The standard InChI is InChI=1S/C13H18O/c1-3-10-13(2,14)11-9-12-7-5-4-6-8-12/h4-9,11,14H,3,10H2,1-2H3. The number of rotatable bonds is 4. The molecule has 1 rings (SSSR count). The summed E-state index contributed by atoms with van der Waals surface area (Å²) in [5.74, 6) is 0. The summed E-state index contributed by atoms with van der Waals surface area (Å²) in [6.45, 7) is 3.92. The Balaban J connectivity index is 2.64.